The van der Waals surface area contributed by atoms with Crippen LogP contribution in [-0.4, -0.2) is 10.8 Å². The molecule has 0 radical (unpaired) electrons. The number of para-hydroxylation sites is 1. The van der Waals surface area contributed by atoms with E-state index >= 15 is 0 Å². The molecule has 1 aromatic carbocycles. The van der Waals surface area contributed by atoms with Gasteiger partial charge in [0, 0.05) is 18.0 Å². The van der Waals surface area contributed by atoms with Crippen LogP contribution in [0.25, 0.3) is 10.9 Å². The third-order valence-electron chi connectivity index (χ3n) is 2.64. The normalized spacial score (nSPS) is 10.6. The maximum absolute atomic E-state index is 10.8. The summed E-state index contributed by atoms with van der Waals surface area (Å²) in [6.45, 7) is 1.64. The summed E-state index contributed by atoms with van der Waals surface area (Å²) in [7, 11) is 0. The molecule has 82 valence electrons. The van der Waals surface area contributed by atoms with Gasteiger partial charge in [0.15, 0.2) is 0 Å². The number of carbonyl (C=O) groups excluding carboxylic acids is 1. The number of aromatic nitrogens is 1. The van der Waals surface area contributed by atoms with Gasteiger partial charge in [-0.2, -0.15) is 0 Å². The maximum atomic E-state index is 10.8. The van der Waals surface area contributed by atoms with Crippen molar-refractivity contribution in [2.45, 2.75) is 26.2 Å². The summed E-state index contributed by atoms with van der Waals surface area (Å²) >= 11 is 0. The van der Waals surface area contributed by atoms with Crippen molar-refractivity contribution in [1.82, 2.24) is 4.98 Å². The zero-order valence-corrected chi connectivity index (χ0v) is 9.44. The molecule has 0 N–H and O–H groups in total. The lowest BCUT2D eigenvalue weighted by atomic mass is 10.1. The lowest BCUT2D eigenvalue weighted by molar-refractivity contribution is -0.117. The zero-order chi connectivity index (χ0) is 11.4. The highest BCUT2D eigenvalue weighted by Gasteiger charge is 1.99. The van der Waals surface area contributed by atoms with Crippen molar-refractivity contribution in [2.75, 3.05) is 0 Å². The first-order chi connectivity index (χ1) is 7.75. The Morgan fingerprint density at radius 1 is 1.31 bits per heavy atom. The molecule has 0 saturated heterocycles. The number of fused-ring (bicyclic) bond motifs is 1. The highest BCUT2D eigenvalue weighted by Crippen LogP contribution is 2.14. The maximum Gasteiger partial charge on any atom is 0.129 e. The fraction of sp³-hybridized carbons (Fsp3) is 0.286. The van der Waals surface area contributed by atoms with Crippen molar-refractivity contribution in [3.8, 4) is 0 Å². The van der Waals surface area contributed by atoms with E-state index in [9.17, 15) is 4.79 Å². The van der Waals surface area contributed by atoms with Gasteiger partial charge in [-0.05, 0) is 37.5 Å². The number of ketones is 1. The number of hydrogen-bond donors (Lipinski definition) is 0. The minimum atomic E-state index is 0.258. The predicted octanol–water partition coefficient (Wildman–Crippen LogP) is 3.15. The van der Waals surface area contributed by atoms with Crippen LogP contribution in [0, 0.1) is 0 Å². The van der Waals surface area contributed by atoms with Crippen LogP contribution in [0.15, 0.2) is 36.5 Å². The molecule has 2 heteroatoms. The first kappa shape index (κ1) is 10.8. The molecule has 0 atom stereocenters. The number of rotatable bonds is 4. The Morgan fingerprint density at radius 2 is 2.12 bits per heavy atom. The van der Waals surface area contributed by atoms with E-state index in [0.29, 0.717) is 6.42 Å². The summed E-state index contributed by atoms with van der Waals surface area (Å²) in [6, 6.07) is 10.2. The van der Waals surface area contributed by atoms with Gasteiger partial charge in [-0.25, -0.2) is 0 Å². The van der Waals surface area contributed by atoms with Crippen LogP contribution in [0.4, 0.5) is 0 Å². The van der Waals surface area contributed by atoms with Gasteiger partial charge in [-0.3, -0.25) is 4.98 Å². The predicted molar refractivity (Wildman–Crippen MR) is 65.4 cm³/mol. The summed E-state index contributed by atoms with van der Waals surface area (Å²) in [5.74, 6) is 0.258. The average Bonchev–Trinajstić information content (AvgIpc) is 2.28. The van der Waals surface area contributed by atoms with Crippen LogP contribution in [0.5, 0.6) is 0 Å². The van der Waals surface area contributed by atoms with Crippen LogP contribution in [-0.2, 0) is 11.2 Å². The van der Waals surface area contributed by atoms with Crippen LogP contribution < -0.4 is 0 Å². The molecule has 0 aliphatic rings. The van der Waals surface area contributed by atoms with E-state index < -0.39 is 0 Å². The second-order valence-corrected chi connectivity index (χ2v) is 4.09. The number of nitrogens with zero attached hydrogens (tertiary/aromatic N) is 1. The number of carbonyl (C=O) groups is 1. The summed E-state index contributed by atoms with van der Waals surface area (Å²) < 4.78 is 0. The van der Waals surface area contributed by atoms with E-state index in [4.69, 9.17) is 0 Å². The molecular weight excluding hydrogens is 198 g/mol. The average molecular weight is 213 g/mol. The molecule has 0 amide bonds. The fourth-order valence-electron chi connectivity index (χ4n) is 1.79. The molecule has 0 fully saturated rings. The first-order valence-corrected chi connectivity index (χ1v) is 5.59. The third kappa shape index (κ3) is 2.66. The topological polar surface area (TPSA) is 30.0 Å². The van der Waals surface area contributed by atoms with Crippen LogP contribution in [0.2, 0.25) is 0 Å². The van der Waals surface area contributed by atoms with Crippen LogP contribution in [0.3, 0.4) is 0 Å². The van der Waals surface area contributed by atoms with Crippen LogP contribution >= 0.6 is 0 Å². The lowest BCUT2D eigenvalue weighted by Crippen LogP contribution is -1.93. The fourth-order valence-corrected chi connectivity index (χ4v) is 1.79. The van der Waals surface area contributed by atoms with Gasteiger partial charge in [-0.15, -0.1) is 0 Å². The molecule has 2 aromatic rings. The molecule has 0 bridgehead atoms. The molecule has 0 unspecified atom stereocenters. The minimum Gasteiger partial charge on any atom is -0.300 e. The van der Waals surface area contributed by atoms with Gasteiger partial charge >= 0.3 is 0 Å². The van der Waals surface area contributed by atoms with Crippen molar-refractivity contribution >= 4 is 16.7 Å². The molecule has 0 aliphatic carbocycles. The molecule has 0 spiro atoms. The highest BCUT2D eigenvalue weighted by atomic mass is 16.1. The molecule has 1 heterocycles. The summed E-state index contributed by atoms with van der Waals surface area (Å²) in [6.07, 6.45) is 4.40. The molecule has 1 aromatic heterocycles. The quantitative estimate of drug-likeness (QED) is 0.781. The van der Waals surface area contributed by atoms with Crippen molar-refractivity contribution in [3.63, 3.8) is 0 Å². The van der Waals surface area contributed by atoms with E-state index in [0.717, 1.165) is 18.4 Å². The van der Waals surface area contributed by atoms with Gasteiger partial charge in [0.05, 0.1) is 5.52 Å². The van der Waals surface area contributed by atoms with E-state index in [1.165, 1.54) is 10.9 Å². The van der Waals surface area contributed by atoms with Crippen LogP contribution in [0.1, 0.15) is 25.3 Å². The molecule has 16 heavy (non-hydrogen) atoms. The van der Waals surface area contributed by atoms with Gasteiger partial charge in [0.2, 0.25) is 0 Å². The Bertz CT molecular complexity index is 505. The van der Waals surface area contributed by atoms with E-state index in [-0.39, 0.29) is 5.78 Å². The number of benzene rings is 1. The highest BCUT2D eigenvalue weighted by molar-refractivity contribution is 5.78. The van der Waals surface area contributed by atoms with E-state index in [2.05, 4.69) is 17.1 Å². The van der Waals surface area contributed by atoms with Crippen molar-refractivity contribution in [3.05, 3.63) is 42.1 Å². The van der Waals surface area contributed by atoms with Gasteiger partial charge in [-0.1, -0.05) is 18.2 Å². The smallest absolute Gasteiger partial charge is 0.129 e. The number of hydrogen-bond acceptors (Lipinski definition) is 2. The molecule has 0 saturated carbocycles. The standard InChI is InChI=1S/C14H15NO/c1-11(16)5-4-6-12-9-13-7-2-3-8-14(13)15-10-12/h2-3,7-10H,4-6H2,1H3. The second kappa shape index (κ2) is 4.88. The molecule has 2 rings (SSSR count). The van der Waals surface area contributed by atoms with Gasteiger partial charge in [0.25, 0.3) is 0 Å². The molecule has 0 aliphatic heterocycles. The summed E-state index contributed by atoms with van der Waals surface area (Å²) in [5, 5.41) is 1.17. The number of pyridine rings is 1. The monoisotopic (exact) mass is 213 g/mol. The van der Waals surface area contributed by atoms with E-state index in [1.54, 1.807) is 6.92 Å². The summed E-state index contributed by atoms with van der Waals surface area (Å²) in [5.41, 5.74) is 2.23. The minimum absolute atomic E-state index is 0.258. The van der Waals surface area contributed by atoms with Crippen molar-refractivity contribution in [1.29, 1.82) is 0 Å². The summed E-state index contributed by atoms with van der Waals surface area (Å²) in [4.78, 5) is 15.2. The zero-order valence-electron chi connectivity index (χ0n) is 9.44. The second-order valence-electron chi connectivity index (χ2n) is 4.09. The largest absolute Gasteiger partial charge is 0.300 e. The Kier molecular flexibility index (Phi) is 3.30. The van der Waals surface area contributed by atoms with E-state index in [1.807, 2.05) is 24.4 Å². The molecular formula is C14H15NO. The van der Waals surface area contributed by atoms with Gasteiger partial charge < -0.3 is 4.79 Å². The number of Topliss-reactive ketones (excluding diaryl/α,β-unsaturated/α-hetero) is 1. The lowest BCUT2D eigenvalue weighted by Gasteiger charge is -2.02. The Labute approximate surface area is 95.3 Å². The molecule has 2 nitrogen and oxygen atoms in total. The SMILES string of the molecule is CC(=O)CCCc1cnc2ccccc2c1. The first-order valence-electron chi connectivity index (χ1n) is 5.59. The van der Waals surface area contributed by atoms with Gasteiger partial charge in [0.1, 0.15) is 5.78 Å². The third-order valence-corrected chi connectivity index (χ3v) is 2.64. The van der Waals surface area contributed by atoms with Crippen molar-refractivity contribution < 1.29 is 4.79 Å². The number of aryl methyl sites for hydroxylation is 1. The van der Waals surface area contributed by atoms with Crippen molar-refractivity contribution in [2.24, 2.45) is 0 Å². The Morgan fingerprint density at radius 3 is 2.94 bits per heavy atom. The Balaban J connectivity index is 2.10. The Hall–Kier alpha value is -1.70.